The van der Waals surface area contributed by atoms with Gasteiger partial charge in [0, 0.05) is 11.9 Å². The van der Waals surface area contributed by atoms with Gasteiger partial charge in [0.2, 0.25) is 0 Å². The smallest absolute Gasteiger partial charge is 0.335 e. The summed E-state index contributed by atoms with van der Waals surface area (Å²) in [6, 6.07) is 15.5. The molecular weight excluding hydrogens is 294 g/mol. The highest BCUT2D eigenvalue weighted by Crippen LogP contribution is 2.13. The molecule has 0 unspecified atom stereocenters. The summed E-state index contributed by atoms with van der Waals surface area (Å²) >= 11 is 0. The second-order valence-corrected chi connectivity index (χ2v) is 4.85. The normalized spacial score (nSPS) is 10.3. The minimum absolute atomic E-state index is 0.114. The van der Waals surface area contributed by atoms with Crippen LogP contribution in [0.15, 0.2) is 67.0 Å². The first-order valence-electron chi connectivity index (χ1n) is 6.88. The first kappa shape index (κ1) is 14.5. The molecule has 6 nitrogen and oxygen atoms in total. The number of hydrogen-bond acceptors (Lipinski definition) is 3. The minimum Gasteiger partial charge on any atom is -0.478 e. The lowest BCUT2D eigenvalue weighted by Gasteiger charge is -2.04. The lowest BCUT2D eigenvalue weighted by Crippen LogP contribution is -2.11. The number of para-hydroxylation sites is 1. The van der Waals surface area contributed by atoms with Gasteiger partial charge in [0.1, 0.15) is 0 Å². The zero-order valence-electron chi connectivity index (χ0n) is 12.0. The molecule has 0 aliphatic carbocycles. The van der Waals surface area contributed by atoms with Crippen LogP contribution in [0.1, 0.15) is 20.7 Å². The van der Waals surface area contributed by atoms with E-state index < -0.39 is 5.97 Å². The van der Waals surface area contributed by atoms with E-state index >= 15 is 0 Å². The molecule has 3 rings (SSSR count). The third-order valence-electron chi connectivity index (χ3n) is 3.23. The van der Waals surface area contributed by atoms with Crippen molar-refractivity contribution in [2.45, 2.75) is 0 Å². The maximum atomic E-state index is 12.2. The molecule has 0 spiro atoms. The van der Waals surface area contributed by atoms with E-state index in [1.807, 2.05) is 30.3 Å². The molecule has 2 aromatic carbocycles. The largest absolute Gasteiger partial charge is 0.478 e. The van der Waals surface area contributed by atoms with Gasteiger partial charge in [-0.2, -0.15) is 5.10 Å². The molecule has 1 amide bonds. The van der Waals surface area contributed by atoms with E-state index in [-0.39, 0.29) is 11.5 Å². The van der Waals surface area contributed by atoms with Gasteiger partial charge in [-0.1, -0.05) is 24.3 Å². The van der Waals surface area contributed by atoms with Crippen LogP contribution in [0.25, 0.3) is 5.69 Å². The monoisotopic (exact) mass is 307 g/mol. The number of nitrogens with zero attached hydrogens (tertiary/aromatic N) is 2. The molecule has 0 bridgehead atoms. The van der Waals surface area contributed by atoms with Crippen LogP contribution in [0.3, 0.4) is 0 Å². The maximum absolute atomic E-state index is 12.2. The van der Waals surface area contributed by atoms with Crippen LogP contribution in [-0.4, -0.2) is 26.8 Å². The molecule has 1 aromatic heterocycles. The number of hydrogen-bond donors (Lipinski definition) is 2. The number of aromatic nitrogens is 2. The van der Waals surface area contributed by atoms with E-state index in [1.54, 1.807) is 23.0 Å². The highest BCUT2D eigenvalue weighted by molar-refractivity contribution is 6.04. The number of carbonyl (C=O) groups excluding carboxylic acids is 1. The highest BCUT2D eigenvalue weighted by atomic mass is 16.4. The molecule has 3 aromatic rings. The predicted octanol–water partition coefficient (Wildman–Crippen LogP) is 2.82. The molecular formula is C17H13N3O3. The van der Waals surface area contributed by atoms with Crippen LogP contribution in [0.2, 0.25) is 0 Å². The van der Waals surface area contributed by atoms with Crippen LogP contribution in [0.5, 0.6) is 0 Å². The number of benzene rings is 2. The number of nitrogens with one attached hydrogen (secondary N) is 1. The fourth-order valence-electron chi connectivity index (χ4n) is 2.10. The van der Waals surface area contributed by atoms with Gasteiger partial charge in [-0.25, -0.2) is 9.48 Å². The van der Waals surface area contributed by atoms with Gasteiger partial charge in [-0.05, 0) is 30.3 Å². The molecule has 1 heterocycles. The molecule has 0 fully saturated rings. The van der Waals surface area contributed by atoms with Gasteiger partial charge >= 0.3 is 5.97 Å². The summed E-state index contributed by atoms with van der Waals surface area (Å²) in [5.41, 5.74) is 1.76. The fraction of sp³-hybridized carbons (Fsp3) is 0. The predicted molar refractivity (Wildman–Crippen MR) is 84.9 cm³/mol. The first-order valence-corrected chi connectivity index (χ1v) is 6.88. The van der Waals surface area contributed by atoms with Crippen molar-refractivity contribution >= 4 is 17.6 Å². The van der Waals surface area contributed by atoms with Gasteiger partial charge in [0.25, 0.3) is 5.91 Å². The molecule has 0 aliphatic rings. The van der Waals surface area contributed by atoms with Gasteiger partial charge in [-0.15, -0.1) is 0 Å². The van der Waals surface area contributed by atoms with Crippen LogP contribution in [-0.2, 0) is 0 Å². The van der Waals surface area contributed by atoms with Crippen LogP contribution in [0, 0.1) is 0 Å². The highest BCUT2D eigenvalue weighted by Gasteiger charge is 2.11. The average molecular weight is 307 g/mol. The molecule has 114 valence electrons. The maximum Gasteiger partial charge on any atom is 0.335 e. The molecule has 0 saturated heterocycles. The van der Waals surface area contributed by atoms with Gasteiger partial charge < -0.3 is 10.4 Å². The SMILES string of the molecule is O=C(O)c1cccc(NC(=O)c2cnn(-c3ccccc3)c2)c1. The Morgan fingerprint density at radius 3 is 2.52 bits per heavy atom. The Bertz CT molecular complexity index is 856. The zero-order chi connectivity index (χ0) is 16.2. The van der Waals surface area contributed by atoms with E-state index in [2.05, 4.69) is 10.4 Å². The summed E-state index contributed by atoms with van der Waals surface area (Å²) in [5.74, 6) is -1.40. The van der Waals surface area contributed by atoms with E-state index in [4.69, 9.17) is 5.11 Å². The van der Waals surface area contributed by atoms with Crippen molar-refractivity contribution in [1.29, 1.82) is 0 Å². The number of carboxylic acids is 1. The Labute approximate surface area is 132 Å². The lowest BCUT2D eigenvalue weighted by molar-refractivity contribution is 0.0696. The second-order valence-electron chi connectivity index (χ2n) is 4.85. The molecule has 6 heteroatoms. The second kappa shape index (κ2) is 6.15. The summed E-state index contributed by atoms with van der Waals surface area (Å²) in [7, 11) is 0. The lowest BCUT2D eigenvalue weighted by atomic mass is 10.2. The Balaban J connectivity index is 1.78. The van der Waals surface area contributed by atoms with E-state index in [9.17, 15) is 9.59 Å². The number of anilines is 1. The summed E-state index contributed by atoms with van der Waals surface area (Å²) in [4.78, 5) is 23.2. The average Bonchev–Trinajstić information content (AvgIpc) is 3.06. The Kier molecular flexibility index (Phi) is 3.88. The minimum atomic E-state index is -1.04. The first-order chi connectivity index (χ1) is 11.1. The standard InChI is InChI=1S/C17H13N3O3/c21-16(19-14-6-4-5-12(9-14)17(22)23)13-10-18-20(11-13)15-7-2-1-3-8-15/h1-11H,(H,19,21)(H,22,23). The number of amides is 1. The van der Waals surface area contributed by atoms with Gasteiger partial charge in [0.15, 0.2) is 0 Å². The zero-order valence-corrected chi connectivity index (χ0v) is 12.0. The fourth-order valence-corrected chi connectivity index (χ4v) is 2.10. The van der Waals surface area contributed by atoms with Crippen molar-refractivity contribution in [2.75, 3.05) is 5.32 Å². The van der Waals surface area contributed by atoms with Crippen molar-refractivity contribution in [3.63, 3.8) is 0 Å². The molecule has 0 saturated carbocycles. The van der Waals surface area contributed by atoms with Crippen molar-refractivity contribution in [2.24, 2.45) is 0 Å². The van der Waals surface area contributed by atoms with E-state index in [1.165, 1.54) is 18.3 Å². The van der Waals surface area contributed by atoms with Crippen LogP contribution < -0.4 is 5.32 Å². The summed E-state index contributed by atoms with van der Waals surface area (Å²) in [6.07, 6.45) is 3.08. The summed E-state index contributed by atoms with van der Waals surface area (Å²) in [5, 5.41) is 15.8. The van der Waals surface area contributed by atoms with Crippen LogP contribution in [0.4, 0.5) is 5.69 Å². The van der Waals surface area contributed by atoms with E-state index in [0.717, 1.165) is 5.69 Å². The van der Waals surface area contributed by atoms with Crippen molar-refractivity contribution in [3.05, 3.63) is 78.1 Å². The number of carbonyl (C=O) groups is 2. The number of carboxylic acid groups (broad SMARTS) is 1. The van der Waals surface area contributed by atoms with Crippen molar-refractivity contribution in [3.8, 4) is 5.69 Å². The molecule has 0 aliphatic heterocycles. The van der Waals surface area contributed by atoms with Gasteiger partial charge in [0.05, 0.1) is 23.0 Å². The Hall–Kier alpha value is -3.41. The van der Waals surface area contributed by atoms with E-state index in [0.29, 0.717) is 11.3 Å². The Morgan fingerprint density at radius 1 is 1.00 bits per heavy atom. The topological polar surface area (TPSA) is 84.2 Å². The quantitative estimate of drug-likeness (QED) is 0.776. The molecule has 0 radical (unpaired) electrons. The van der Waals surface area contributed by atoms with Crippen molar-refractivity contribution in [1.82, 2.24) is 9.78 Å². The summed E-state index contributed by atoms with van der Waals surface area (Å²) < 4.78 is 1.60. The summed E-state index contributed by atoms with van der Waals surface area (Å²) in [6.45, 7) is 0. The van der Waals surface area contributed by atoms with Gasteiger partial charge in [-0.3, -0.25) is 4.79 Å². The van der Waals surface area contributed by atoms with Crippen LogP contribution >= 0.6 is 0 Å². The number of aromatic carboxylic acids is 1. The molecule has 2 N–H and O–H groups in total. The third-order valence-corrected chi connectivity index (χ3v) is 3.23. The molecule has 0 atom stereocenters. The van der Waals surface area contributed by atoms with Crippen molar-refractivity contribution < 1.29 is 14.7 Å². The Morgan fingerprint density at radius 2 is 1.78 bits per heavy atom. The molecule has 23 heavy (non-hydrogen) atoms. The number of rotatable bonds is 4. The third kappa shape index (κ3) is 3.26.